The van der Waals surface area contributed by atoms with Crippen molar-refractivity contribution in [3.8, 4) is 5.75 Å². The molecule has 4 nitrogen and oxygen atoms in total. The molecule has 3 rings (SSSR count). The van der Waals surface area contributed by atoms with Crippen molar-refractivity contribution in [1.29, 1.82) is 0 Å². The van der Waals surface area contributed by atoms with E-state index in [9.17, 15) is 4.79 Å². The molecule has 1 saturated carbocycles. The Bertz CT molecular complexity index is 523. The summed E-state index contributed by atoms with van der Waals surface area (Å²) in [4.78, 5) is 18.6. The average Bonchev–Trinajstić information content (AvgIpc) is 3.19. The number of hydroxylamine groups is 2. The Morgan fingerprint density at radius 3 is 2.62 bits per heavy atom. The van der Waals surface area contributed by atoms with Crippen LogP contribution in [-0.2, 0) is 4.84 Å². The smallest absolute Gasteiger partial charge is 0.198 e. The SMILES string of the molecule is COc1ccc(C(=O)C2SC=CN2OC2CCCC2)cc1. The molecule has 0 amide bonds. The molecule has 1 aromatic carbocycles. The predicted molar refractivity (Wildman–Crippen MR) is 83.0 cm³/mol. The molecule has 0 radical (unpaired) electrons. The number of carbonyl (C=O) groups excluding carboxylic acids is 1. The Balaban J connectivity index is 1.67. The summed E-state index contributed by atoms with van der Waals surface area (Å²) in [6.45, 7) is 0. The molecule has 1 aliphatic carbocycles. The molecular weight excluding hydrogens is 286 g/mol. The second kappa shape index (κ2) is 6.54. The van der Waals surface area contributed by atoms with E-state index in [1.807, 2.05) is 23.7 Å². The lowest BCUT2D eigenvalue weighted by atomic mass is 10.1. The van der Waals surface area contributed by atoms with Gasteiger partial charge in [-0.05, 0) is 42.5 Å². The van der Waals surface area contributed by atoms with Crippen molar-refractivity contribution in [2.75, 3.05) is 7.11 Å². The number of benzene rings is 1. The maximum Gasteiger partial charge on any atom is 0.198 e. The van der Waals surface area contributed by atoms with Gasteiger partial charge in [0, 0.05) is 11.8 Å². The van der Waals surface area contributed by atoms with Crippen LogP contribution in [0.1, 0.15) is 36.0 Å². The molecule has 1 fully saturated rings. The Labute approximate surface area is 129 Å². The van der Waals surface area contributed by atoms with Gasteiger partial charge in [-0.3, -0.25) is 9.63 Å². The summed E-state index contributed by atoms with van der Waals surface area (Å²) in [7, 11) is 1.62. The highest BCUT2D eigenvalue weighted by Crippen LogP contribution is 2.32. The molecule has 1 aliphatic heterocycles. The molecule has 0 saturated heterocycles. The zero-order valence-electron chi connectivity index (χ0n) is 12.0. The number of nitrogens with zero attached hydrogens (tertiary/aromatic N) is 1. The van der Waals surface area contributed by atoms with Crippen molar-refractivity contribution >= 4 is 17.5 Å². The highest BCUT2D eigenvalue weighted by atomic mass is 32.2. The third-order valence-corrected chi connectivity index (χ3v) is 4.78. The number of ketones is 1. The van der Waals surface area contributed by atoms with Gasteiger partial charge < -0.3 is 4.74 Å². The Hall–Kier alpha value is -1.46. The molecule has 0 aromatic heterocycles. The number of carbonyl (C=O) groups is 1. The zero-order chi connectivity index (χ0) is 14.7. The Kier molecular flexibility index (Phi) is 4.51. The average molecular weight is 305 g/mol. The van der Waals surface area contributed by atoms with E-state index in [0.717, 1.165) is 18.6 Å². The van der Waals surface area contributed by atoms with Crippen LogP contribution >= 0.6 is 11.8 Å². The maximum absolute atomic E-state index is 12.6. The number of hydrogen-bond acceptors (Lipinski definition) is 5. The van der Waals surface area contributed by atoms with Crippen LogP contribution in [-0.4, -0.2) is 29.4 Å². The standard InChI is InChI=1S/C16H19NO3S/c1-19-13-8-6-12(7-9-13)15(18)16-17(10-11-21-16)20-14-4-2-3-5-14/h6-11,14,16H,2-5H2,1H3. The van der Waals surface area contributed by atoms with Crippen LogP contribution in [0.4, 0.5) is 0 Å². The van der Waals surface area contributed by atoms with Gasteiger partial charge in [-0.1, -0.05) is 24.6 Å². The fourth-order valence-corrected chi connectivity index (χ4v) is 3.48. The molecule has 0 spiro atoms. The van der Waals surface area contributed by atoms with E-state index in [4.69, 9.17) is 9.57 Å². The van der Waals surface area contributed by atoms with E-state index in [-0.39, 0.29) is 17.3 Å². The van der Waals surface area contributed by atoms with Gasteiger partial charge in [-0.15, -0.1) is 0 Å². The zero-order valence-corrected chi connectivity index (χ0v) is 12.8. The first kappa shape index (κ1) is 14.5. The van der Waals surface area contributed by atoms with Gasteiger partial charge in [-0.2, -0.15) is 0 Å². The summed E-state index contributed by atoms with van der Waals surface area (Å²) in [5, 5.41) is 3.31. The molecule has 0 N–H and O–H groups in total. The van der Waals surface area contributed by atoms with Crippen molar-refractivity contribution in [1.82, 2.24) is 5.06 Å². The second-order valence-electron chi connectivity index (χ2n) is 5.24. The first-order chi connectivity index (χ1) is 10.3. The van der Waals surface area contributed by atoms with E-state index in [2.05, 4.69) is 0 Å². The van der Waals surface area contributed by atoms with Gasteiger partial charge in [0.15, 0.2) is 11.2 Å². The minimum absolute atomic E-state index is 0.0608. The van der Waals surface area contributed by atoms with Gasteiger partial charge >= 0.3 is 0 Å². The Morgan fingerprint density at radius 2 is 1.95 bits per heavy atom. The van der Waals surface area contributed by atoms with Crippen molar-refractivity contribution in [3.63, 3.8) is 0 Å². The molecule has 1 atom stereocenters. The van der Waals surface area contributed by atoms with Gasteiger partial charge in [-0.25, -0.2) is 5.06 Å². The number of thioether (sulfide) groups is 1. The number of ether oxygens (including phenoxy) is 1. The van der Waals surface area contributed by atoms with E-state index in [1.54, 1.807) is 24.3 Å². The van der Waals surface area contributed by atoms with Crippen LogP contribution in [0, 0.1) is 0 Å². The molecule has 2 aliphatic rings. The van der Waals surface area contributed by atoms with Gasteiger partial charge in [0.1, 0.15) is 5.75 Å². The van der Waals surface area contributed by atoms with Crippen LogP contribution in [0.2, 0.25) is 0 Å². The molecule has 0 bridgehead atoms. The summed E-state index contributed by atoms with van der Waals surface area (Å²) in [5.74, 6) is 0.813. The van der Waals surface area contributed by atoms with Crippen molar-refractivity contribution in [3.05, 3.63) is 41.4 Å². The van der Waals surface area contributed by atoms with Crippen molar-refractivity contribution < 1.29 is 14.4 Å². The summed E-state index contributed by atoms with van der Waals surface area (Å²) < 4.78 is 5.12. The minimum atomic E-state index is -0.320. The summed E-state index contributed by atoms with van der Waals surface area (Å²) in [5.41, 5.74) is 0.678. The van der Waals surface area contributed by atoms with Gasteiger partial charge in [0.05, 0.1) is 13.2 Å². The summed E-state index contributed by atoms with van der Waals surface area (Å²) in [6, 6.07) is 7.21. The van der Waals surface area contributed by atoms with Crippen molar-refractivity contribution in [2.45, 2.75) is 37.2 Å². The lowest BCUT2D eigenvalue weighted by Crippen LogP contribution is -2.35. The summed E-state index contributed by atoms with van der Waals surface area (Å²) >= 11 is 1.49. The van der Waals surface area contributed by atoms with E-state index in [1.165, 1.54) is 24.6 Å². The monoisotopic (exact) mass is 305 g/mol. The topological polar surface area (TPSA) is 38.8 Å². The lowest BCUT2D eigenvalue weighted by Gasteiger charge is -2.26. The normalized spacial score (nSPS) is 22.0. The molecule has 112 valence electrons. The lowest BCUT2D eigenvalue weighted by molar-refractivity contribution is -0.159. The highest BCUT2D eigenvalue weighted by molar-refractivity contribution is 8.03. The maximum atomic E-state index is 12.6. The van der Waals surface area contributed by atoms with E-state index in [0.29, 0.717) is 5.56 Å². The van der Waals surface area contributed by atoms with Gasteiger partial charge in [0.2, 0.25) is 0 Å². The predicted octanol–water partition coefficient (Wildman–Crippen LogP) is 3.60. The van der Waals surface area contributed by atoms with E-state index >= 15 is 0 Å². The number of methoxy groups -OCH3 is 1. The van der Waals surface area contributed by atoms with Crippen LogP contribution in [0.3, 0.4) is 0 Å². The van der Waals surface area contributed by atoms with Crippen molar-refractivity contribution in [2.24, 2.45) is 0 Å². The number of Topliss-reactive ketones (excluding diaryl/α,β-unsaturated/α-hetero) is 1. The number of hydrogen-bond donors (Lipinski definition) is 0. The first-order valence-electron chi connectivity index (χ1n) is 7.23. The molecule has 1 aromatic rings. The van der Waals surface area contributed by atoms with E-state index < -0.39 is 0 Å². The molecular formula is C16H19NO3S. The Morgan fingerprint density at radius 1 is 1.24 bits per heavy atom. The summed E-state index contributed by atoms with van der Waals surface area (Å²) in [6.07, 6.45) is 6.70. The molecule has 1 heterocycles. The minimum Gasteiger partial charge on any atom is -0.497 e. The molecule has 5 heteroatoms. The third-order valence-electron chi connectivity index (χ3n) is 3.82. The number of rotatable bonds is 5. The van der Waals surface area contributed by atoms with Gasteiger partial charge in [0.25, 0.3) is 0 Å². The van der Waals surface area contributed by atoms with Crippen LogP contribution in [0.5, 0.6) is 5.75 Å². The fraction of sp³-hybridized carbons (Fsp3) is 0.438. The fourth-order valence-electron chi connectivity index (χ4n) is 2.64. The molecule has 21 heavy (non-hydrogen) atoms. The highest BCUT2D eigenvalue weighted by Gasteiger charge is 2.31. The van der Waals surface area contributed by atoms with Crippen LogP contribution in [0.25, 0.3) is 0 Å². The second-order valence-corrected chi connectivity index (χ2v) is 6.23. The third kappa shape index (κ3) is 3.24. The van der Waals surface area contributed by atoms with Crippen LogP contribution < -0.4 is 4.74 Å². The van der Waals surface area contributed by atoms with Crippen LogP contribution in [0.15, 0.2) is 35.9 Å². The molecule has 1 unspecified atom stereocenters. The first-order valence-corrected chi connectivity index (χ1v) is 8.18. The quantitative estimate of drug-likeness (QED) is 0.777. The largest absolute Gasteiger partial charge is 0.497 e.